The minimum absolute atomic E-state index is 0.0344. The number of hydrogen-bond donors (Lipinski definition) is 1. The van der Waals surface area contributed by atoms with Crippen LogP contribution >= 0.6 is 0 Å². The van der Waals surface area contributed by atoms with Gasteiger partial charge in [0.25, 0.3) is 0 Å². The van der Waals surface area contributed by atoms with Crippen LogP contribution in [-0.2, 0) is 22.7 Å². The summed E-state index contributed by atoms with van der Waals surface area (Å²) in [4.78, 5) is 30.0. The summed E-state index contributed by atoms with van der Waals surface area (Å²) in [6.07, 6.45) is 0.305. The average Bonchev–Trinajstić information content (AvgIpc) is 3.48. The first kappa shape index (κ1) is 26.5. The van der Waals surface area contributed by atoms with Crippen LogP contribution in [0.5, 0.6) is 0 Å². The lowest BCUT2D eigenvalue weighted by Crippen LogP contribution is -2.48. The van der Waals surface area contributed by atoms with Gasteiger partial charge in [0.15, 0.2) is 0 Å². The molecule has 0 radical (unpaired) electrons. The van der Waals surface area contributed by atoms with E-state index in [1.54, 1.807) is 6.20 Å². The van der Waals surface area contributed by atoms with Gasteiger partial charge in [0, 0.05) is 13.0 Å². The first-order chi connectivity index (χ1) is 17.7. The number of alkyl halides is 1. The van der Waals surface area contributed by atoms with Crippen molar-refractivity contribution in [2.24, 2.45) is 0 Å². The van der Waals surface area contributed by atoms with Gasteiger partial charge in [-0.25, -0.2) is 9.07 Å². The summed E-state index contributed by atoms with van der Waals surface area (Å²) in [5, 5.41) is 11.0. The number of carbonyl (C=O) groups excluding carboxylic acids is 2. The molecule has 3 atom stereocenters. The number of benzene rings is 2. The molecule has 0 aliphatic carbocycles. The first-order valence-electron chi connectivity index (χ1n) is 12.6. The van der Waals surface area contributed by atoms with Crippen LogP contribution in [0.1, 0.15) is 54.6 Å². The Hall–Kier alpha value is -3.59. The molecule has 8 nitrogen and oxygen atoms in total. The van der Waals surface area contributed by atoms with Crippen LogP contribution in [0.25, 0.3) is 0 Å². The Bertz CT molecular complexity index is 1190. The van der Waals surface area contributed by atoms with Crippen molar-refractivity contribution in [3.63, 3.8) is 0 Å². The van der Waals surface area contributed by atoms with Crippen molar-refractivity contribution < 1.29 is 14.0 Å². The van der Waals surface area contributed by atoms with Crippen LogP contribution in [-0.4, -0.2) is 69.5 Å². The van der Waals surface area contributed by atoms with Crippen LogP contribution in [0.3, 0.4) is 0 Å². The highest BCUT2D eigenvalue weighted by atomic mass is 19.1. The van der Waals surface area contributed by atoms with E-state index in [0.29, 0.717) is 12.5 Å². The quantitative estimate of drug-likeness (QED) is 0.482. The molecule has 0 spiro atoms. The molecule has 2 amide bonds. The van der Waals surface area contributed by atoms with Gasteiger partial charge in [-0.1, -0.05) is 73.7 Å². The lowest BCUT2D eigenvalue weighted by atomic mass is 9.95. The smallest absolute Gasteiger partial charge is 0.245 e. The highest BCUT2D eigenvalue weighted by Gasteiger charge is 2.40. The second kappa shape index (κ2) is 11.6. The highest BCUT2D eigenvalue weighted by molar-refractivity contribution is 5.89. The molecule has 3 unspecified atom stereocenters. The van der Waals surface area contributed by atoms with E-state index in [0.717, 1.165) is 16.8 Å². The third-order valence-electron chi connectivity index (χ3n) is 6.69. The molecule has 1 aromatic heterocycles. The number of halogens is 1. The summed E-state index contributed by atoms with van der Waals surface area (Å²) >= 11 is 0. The SMILES string of the molecule is CC(C)c1ccc(C(NC(=O)C2CC(F)CN2C(=O)Cn2nncc2CN(C)C)c2ccccc2)cc1. The van der Waals surface area contributed by atoms with E-state index >= 15 is 0 Å². The Morgan fingerprint density at radius 3 is 2.35 bits per heavy atom. The van der Waals surface area contributed by atoms with Crippen LogP contribution in [0, 0.1) is 0 Å². The number of likely N-dealkylation sites (tertiary alicyclic amines) is 1. The molecule has 1 aliphatic rings. The van der Waals surface area contributed by atoms with Gasteiger partial charge < -0.3 is 15.1 Å². The van der Waals surface area contributed by atoms with Gasteiger partial charge in [-0.05, 0) is 36.7 Å². The lowest BCUT2D eigenvalue weighted by molar-refractivity contribution is -0.139. The Labute approximate surface area is 217 Å². The van der Waals surface area contributed by atoms with Gasteiger partial charge in [-0.15, -0.1) is 5.10 Å². The minimum atomic E-state index is -1.27. The van der Waals surface area contributed by atoms with Gasteiger partial charge in [0.1, 0.15) is 18.8 Å². The number of rotatable bonds is 9. The van der Waals surface area contributed by atoms with Crippen molar-refractivity contribution in [3.05, 3.63) is 83.2 Å². The fourth-order valence-electron chi connectivity index (χ4n) is 4.70. The van der Waals surface area contributed by atoms with Crippen LogP contribution in [0.15, 0.2) is 60.8 Å². The molecular weight excluding hydrogens is 471 g/mol. The zero-order valence-electron chi connectivity index (χ0n) is 21.8. The molecule has 4 rings (SSSR count). The van der Waals surface area contributed by atoms with Gasteiger partial charge in [-0.2, -0.15) is 0 Å². The number of aromatic nitrogens is 3. The third kappa shape index (κ3) is 6.40. The molecule has 37 heavy (non-hydrogen) atoms. The summed E-state index contributed by atoms with van der Waals surface area (Å²) < 4.78 is 16.1. The maximum absolute atomic E-state index is 14.6. The number of amides is 2. The number of hydrogen-bond acceptors (Lipinski definition) is 5. The molecule has 196 valence electrons. The van der Waals surface area contributed by atoms with E-state index in [1.807, 2.05) is 61.5 Å². The summed E-state index contributed by atoms with van der Waals surface area (Å²) in [5.41, 5.74) is 3.81. The third-order valence-corrected chi connectivity index (χ3v) is 6.69. The molecule has 1 saturated heterocycles. The van der Waals surface area contributed by atoms with Crippen LogP contribution in [0.4, 0.5) is 4.39 Å². The number of nitrogens with one attached hydrogen (secondary N) is 1. The Kier molecular flexibility index (Phi) is 8.33. The van der Waals surface area contributed by atoms with Gasteiger partial charge in [-0.3, -0.25) is 9.59 Å². The standard InChI is InChI=1S/C28H35FN6O2/c1-19(2)20-10-12-22(13-11-20)27(21-8-6-5-7-9-21)31-28(37)25-14-23(29)16-34(25)26(36)18-35-24(15-30-32-35)17-33(3)4/h5-13,15,19,23,25,27H,14,16-18H2,1-4H3,(H,31,37). The van der Waals surface area contributed by atoms with Crippen molar-refractivity contribution in [1.82, 2.24) is 30.1 Å². The van der Waals surface area contributed by atoms with Gasteiger partial charge in [0.2, 0.25) is 11.8 Å². The van der Waals surface area contributed by atoms with Crippen molar-refractivity contribution in [2.45, 2.75) is 57.5 Å². The van der Waals surface area contributed by atoms with Gasteiger partial charge in [0.05, 0.1) is 24.5 Å². The molecule has 0 bridgehead atoms. The summed E-state index contributed by atoms with van der Waals surface area (Å²) in [5.74, 6) is -0.340. The zero-order valence-corrected chi connectivity index (χ0v) is 21.8. The molecule has 2 aromatic carbocycles. The Morgan fingerprint density at radius 1 is 1.05 bits per heavy atom. The van der Waals surface area contributed by atoms with Crippen molar-refractivity contribution in [1.29, 1.82) is 0 Å². The normalized spacial score (nSPS) is 18.4. The van der Waals surface area contributed by atoms with E-state index in [4.69, 9.17) is 0 Å². The van der Waals surface area contributed by atoms with Crippen molar-refractivity contribution in [3.8, 4) is 0 Å². The zero-order chi connectivity index (χ0) is 26.5. The number of carbonyl (C=O) groups is 2. The molecule has 1 N–H and O–H groups in total. The van der Waals surface area contributed by atoms with E-state index in [-0.39, 0.29) is 31.3 Å². The van der Waals surface area contributed by atoms with Crippen LogP contribution < -0.4 is 5.32 Å². The first-order valence-corrected chi connectivity index (χ1v) is 12.6. The fourth-order valence-corrected chi connectivity index (χ4v) is 4.70. The summed E-state index contributed by atoms with van der Waals surface area (Å²) in [7, 11) is 3.82. The Morgan fingerprint density at radius 2 is 1.70 bits per heavy atom. The summed E-state index contributed by atoms with van der Waals surface area (Å²) in [6.45, 7) is 4.61. The maximum atomic E-state index is 14.6. The van der Waals surface area contributed by atoms with Crippen LogP contribution in [0.2, 0.25) is 0 Å². The van der Waals surface area contributed by atoms with E-state index in [1.165, 1.54) is 15.1 Å². The predicted octanol–water partition coefficient (Wildman–Crippen LogP) is 3.31. The Balaban J connectivity index is 1.54. The second-order valence-electron chi connectivity index (χ2n) is 10.2. The maximum Gasteiger partial charge on any atom is 0.245 e. The fraction of sp³-hybridized carbons (Fsp3) is 0.429. The molecule has 1 fully saturated rings. The van der Waals surface area contributed by atoms with Crippen molar-refractivity contribution in [2.75, 3.05) is 20.6 Å². The van der Waals surface area contributed by atoms with E-state index in [2.05, 4.69) is 41.6 Å². The average molecular weight is 507 g/mol. The largest absolute Gasteiger partial charge is 0.343 e. The van der Waals surface area contributed by atoms with Gasteiger partial charge >= 0.3 is 0 Å². The van der Waals surface area contributed by atoms with Crippen molar-refractivity contribution >= 4 is 11.8 Å². The highest BCUT2D eigenvalue weighted by Crippen LogP contribution is 2.27. The summed E-state index contributed by atoms with van der Waals surface area (Å²) in [6, 6.07) is 16.5. The number of nitrogens with zero attached hydrogens (tertiary/aromatic N) is 5. The molecule has 3 aromatic rings. The molecular formula is C28H35FN6O2. The topological polar surface area (TPSA) is 83.4 Å². The predicted molar refractivity (Wildman–Crippen MR) is 139 cm³/mol. The monoisotopic (exact) mass is 506 g/mol. The minimum Gasteiger partial charge on any atom is -0.343 e. The molecule has 1 aliphatic heterocycles. The molecule has 0 saturated carbocycles. The van der Waals surface area contributed by atoms with E-state index < -0.39 is 18.3 Å². The molecule has 2 heterocycles. The lowest BCUT2D eigenvalue weighted by Gasteiger charge is -2.27. The molecule has 9 heteroatoms. The van der Waals surface area contributed by atoms with E-state index in [9.17, 15) is 14.0 Å². The second-order valence-corrected chi connectivity index (χ2v) is 10.2.